The second-order valence-electron chi connectivity index (χ2n) is 7.00. The summed E-state index contributed by atoms with van der Waals surface area (Å²) >= 11 is 0. The Morgan fingerprint density at radius 2 is 2.11 bits per heavy atom. The third-order valence-corrected chi connectivity index (χ3v) is 4.73. The highest BCUT2D eigenvalue weighted by Gasteiger charge is 2.45. The van der Waals surface area contributed by atoms with Crippen LogP contribution < -0.4 is 5.73 Å². The molecule has 1 heterocycles. The van der Waals surface area contributed by atoms with Crippen molar-refractivity contribution >= 4 is 5.96 Å². The first kappa shape index (κ1) is 13.7. The molecule has 104 valence electrons. The Morgan fingerprint density at radius 3 is 2.72 bits per heavy atom. The van der Waals surface area contributed by atoms with Gasteiger partial charge in [0, 0.05) is 6.54 Å². The molecule has 0 saturated heterocycles. The maximum absolute atomic E-state index is 6.13. The van der Waals surface area contributed by atoms with Crippen LogP contribution in [0.4, 0.5) is 0 Å². The third-order valence-electron chi connectivity index (χ3n) is 4.73. The summed E-state index contributed by atoms with van der Waals surface area (Å²) in [7, 11) is 0. The minimum absolute atomic E-state index is 0.252. The zero-order chi connectivity index (χ0) is 13.3. The summed E-state index contributed by atoms with van der Waals surface area (Å²) < 4.78 is 0. The smallest absolute Gasteiger partial charge is 0.191 e. The predicted octanol–water partition coefficient (Wildman–Crippen LogP) is 2.86. The van der Waals surface area contributed by atoms with E-state index in [0.717, 1.165) is 30.9 Å². The Balaban J connectivity index is 2.14. The van der Waals surface area contributed by atoms with Gasteiger partial charge in [-0.15, -0.1) is 0 Å². The second kappa shape index (κ2) is 5.10. The first-order valence-electron chi connectivity index (χ1n) is 7.52. The molecular formula is C15H29N3. The molecule has 3 nitrogen and oxygen atoms in total. The molecule has 0 bridgehead atoms. The van der Waals surface area contributed by atoms with Crippen molar-refractivity contribution in [2.24, 2.45) is 28.5 Å². The van der Waals surface area contributed by atoms with E-state index in [1.165, 1.54) is 25.7 Å². The highest BCUT2D eigenvalue weighted by molar-refractivity contribution is 5.81. The van der Waals surface area contributed by atoms with Gasteiger partial charge in [0.1, 0.15) is 0 Å². The second-order valence-corrected chi connectivity index (χ2v) is 7.00. The van der Waals surface area contributed by atoms with Gasteiger partial charge in [0.2, 0.25) is 0 Å². The summed E-state index contributed by atoms with van der Waals surface area (Å²) in [5.41, 5.74) is 6.38. The van der Waals surface area contributed by atoms with Crippen molar-refractivity contribution in [2.45, 2.75) is 58.9 Å². The normalized spacial score (nSPS) is 32.7. The molecule has 2 unspecified atom stereocenters. The summed E-state index contributed by atoms with van der Waals surface area (Å²) in [6.07, 6.45) is 5.27. The van der Waals surface area contributed by atoms with Crippen LogP contribution in [0.25, 0.3) is 0 Å². The van der Waals surface area contributed by atoms with Gasteiger partial charge in [0.15, 0.2) is 5.96 Å². The van der Waals surface area contributed by atoms with Crippen LogP contribution in [0.2, 0.25) is 0 Å². The van der Waals surface area contributed by atoms with Crippen LogP contribution in [0.5, 0.6) is 0 Å². The number of nitrogens with two attached hydrogens (primary N) is 1. The number of nitrogens with zero attached hydrogens (tertiary/aromatic N) is 2. The number of rotatable bonds is 3. The van der Waals surface area contributed by atoms with Crippen LogP contribution in [0.3, 0.4) is 0 Å². The molecule has 1 saturated carbocycles. The van der Waals surface area contributed by atoms with Crippen molar-refractivity contribution in [3.8, 4) is 0 Å². The molecule has 2 N–H and O–H groups in total. The Hall–Kier alpha value is -0.730. The van der Waals surface area contributed by atoms with Crippen molar-refractivity contribution in [3.63, 3.8) is 0 Å². The van der Waals surface area contributed by atoms with Gasteiger partial charge < -0.3 is 10.6 Å². The van der Waals surface area contributed by atoms with Crippen LogP contribution in [-0.4, -0.2) is 29.5 Å². The van der Waals surface area contributed by atoms with Gasteiger partial charge in [0.05, 0.1) is 12.1 Å². The fraction of sp³-hybridized carbons (Fsp3) is 0.933. The van der Waals surface area contributed by atoms with Crippen molar-refractivity contribution < 1.29 is 0 Å². The number of hydrogen-bond donors (Lipinski definition) is 1. The summed E-state index contributed by atoms with van der Waals surface area (Å²) in [5, 5.41) is 0. The molecule has 0 radical (unpaired) electrons. The zero-order valence-corrected chi connectivity index (χ0v) is 12.4. The molecule has 2 atom stereocenters. The maximum Gasteiger partial charge on any atom is 0.191 e. The van der Waals surface area contributed by atoms with E-state index < -0.39 is 0 Å². The van der Waals surface area contributed by atoms with E-state index in [1.807, 2.05) is 0 Å². The molecule has 1 aliphatic carbocycles. The third kappa shape index (κ3) is 2.50. The fourth-order valence-electron chi connectivity index (χ4n) is 3.64. The lowest BCUT2D eigenvalue weighted by Crippen LogP contribution is -2.55. The summed E-state index contributed by atoms with van der Waals surface area (Å²) in [6.45, 7) is 11.2. The molecule has 3 heteroatoms. The summed E-state index contributed by atoms with van der Waals surface area (Å²) in [6, 6.07) is 0. The lowest BCUT2D eigenvalue weighted by Gasteiger charge is -2.46. The van der Waals surface area contributed by atoms with E-state index in [9.17, 15) is 0 Å². The molecule has 2 aliphatic rings. The fourth-order valence-corrected chi connectivity index (χ4v) is 3.64. The van der Waals surface area contributed by atoms with E-state index in [2.05, 4.69) is 37.6 Å². The van der Waals surface area contributed by atoms with Crippen molar-refractivity contribution in [2.75, 3.05) is 13.1 Å². The SMILES string of the molecule is CC(C)CN1C(N)=NCC12CCCC(C(C)C)C2. The first-order valence-corrected chi connectivity index (χ1v) is 7.52. The Kier molecular flexibility index (Phi) is 3.88. The summed E-state index contributed by atoms with van der Waals surface area (Å²) in [4.78, 5) is 6.98. The number of hydrogen-bond acceptors (Lipinski definition) is 3. The van der Waals surface area contributed by atoms with Crippen molar-refractivity contribution in [3.05, 3.63) is 0 Å². The standard InChI is InChI=1S/C15H29N3/c1-11(2)9-18-14(16)17-10-15(18)7-5-6-13(8-15)12(3)4/h11-13H,5-10H2,1-4H3,(H2,16,17). The molecule has 0 aromatic heterocycles. The molecule has 1 aliphatic heterocycles. The Bertz CT molecular complexity index is 322. The minimum atomic E-state index is 0.252. The number of guanidine groups is 1. The Labute approximate surface area is 112 Å². The van der Waals surface area contributed by atoms with Crippen LogP contribution in [-0.2, 0) is 0 Å². The first-order chi connectivity index (χ1) is 8.44. The Morgan fingerprint density at radius 1 is 1.39 bits per heavy atom. The van der Waals surface area contributed by atoms with E-state index in [4.69, 9.17) is 5.73 Å². The molecule has 2 rings (SSSR count). The van der Waals surface area contributed by atoms with Crippen molar-refractivity contribution in [1.82, 2.24) is 4.90 Å². The highest BCUT2D eigenvalue weighted by Crippen LogP contribution is 2.42. The van der Waals surface area contributed by atoms with Crippen LogP contribution in [0, 0.1) is 17.8 Å². The van der Waals surface area contributed by atoms with Crippen LogP contribution in [0.15, 0.2) is 4.99 Å². The molecular weight excluding hydrogens is 222 g/mol. The molecule has 1 spiro atoms. The van der Waals surface area contributed by atoms with Crippen LogP contribution in [0.1, 0.15) is 53.4 Å². The van der Waals surface area contributed by atoms with Gasteiger partial charge in [-0.1, -0.05) is 40.5 Å². The van der Waals surface area contributed by atoms with Gasteiger partial charge in [-0.25, -0.2) is 0 Å². The molecule has 0 aromatic rings. The largest absolute Gasteiger partial charge is 0.370 e. The van der Waals surface area contributed by atoms with E-state index in [1.54, 1.807) is 0 Å². The van der Waals surface area contributed by atoms with Crippen LogP contribution >= 0.6 is 0 Å². The zero-order valence-electron chi connectivity index (χ0n) is 12.4. The average molecular weight is 251 g/mol. The predicted molar refractivity (Wildman–Crippen MR) is 77.6 cm³/mol. The molecule has 18 heavy (non-hydrogen) atoms. The monoisotopic (exact) mass is 251 g/mol. The quantitative estimate of drug-likeness (QED) is 0.838. The summed E-state index contributed by atoms with van der Waals surface area (Å²) in [5.74, 6) is 3.06. The van der Waals surface area contributed by atoms with Gasteiger partial charge in [-0.2, -0.15) is 0 Å². The molecule has 0 aromatic carbocycles. The van der Waals surface area contributed by atoms with Gasteiger partial charge >= 0.3 is 0 Å². The minimum Gasteiger partial charge on any atom is -0.370 e. The van der Waals surface area contributed by atoms with Gasteiger partial charge in [0.25, 0.3) is 0 Å². The highest BCUT2D eigenvalue weighted by atomic mass is 15.4. The van der Waals surface area contributed by atoms with Gasteiger partial charge in [-0.3, -0.25) is 4.99 Å². The topological polar surface area (TPSA) is 41.6 Å². The molecule has 1 fully saturated rings. The van der Waals surface area contributed by atoms with E-state index in [0.29, 0.717) is 5.92 Å². The maximum atomic E-state index is 6.13. The lowest BCUT2D eigenvalue weighted by atomic mass is 9.71. The molecule has 0 amide bonds. The lowest BCUT2D eigenvalue weighted by molar-refractivity contribution is 0.0824. The average Bonchev–Trinajstić information content (AvgIpc) is 2.58. The van der Waals surface area contributed by atoms with E-state index in [-0.39, 0.29) is 5.54 Å². The van der Waals surface area contributed by atoms with E-state index >= 15 is 0 Å². The van der Waals surface area contributed by atoms with Gasteiger partial charge in [-0.05, 0) is 30.6 Å². The number of aliphatic imine (C=N–C) groups is 1. The van der Waals surface area contributed by atoms with Crippen molar-refractivity contribution in [1.29, 1.82) is 0 Å².